The zero-order valence-corrected chi connectivity index (χ0v) is 17.9. The summed E-state index contributed by atoms with van der Waals surface area (Å²) in [6.45, 7) is 6.65. The first-order chi connectivity index (χ1) is 14.5. The average molecular weight is 419 g/mol. The Morgan fingerprint density at radius 3 is 2.47 bits per heavy atom. The molecule has 0 saturated heterocycles. The SMILES string of the molecule is Cc1ccc(Cn2nnc3c(SCC(=O)Nc4cc(C)cc(C)c4)ncnc32)cc1. The molecule has 7 nitrogen and oxygen atoms in total. The van der Waals surface area contributed by atoms with Gasteiger partial charge in [-0.25, -0.2) is 14.6 Å². The van der Waals surface area contributed by atoms with Gasteiger partial charge in [0, 0.05) is 5.69 Å². The van der Waals surface area contributed by atoms with Crippen LogP contribution in [0, 0.1) is 20.8 Å². The number of aromatic nitrogens is 5. The Hall–Kier alpha value is -3.26. The fourth-order valence-corrected chi connectivity index (χ4v) is 3.96. The first kappa shape index (κ1) is 20.0. The molecule has 0 bridgehead atoms. The highest BCUT2D eigenvalue weighted by Gasteiger charge is 2.14. The Balaban J connectivity index is 1.46. The van der Waals surface area contributed by atoms with E-state index >= 15 is 0 Å². The summed E-state index contributed by atoms with van der Waals surface area (Å²) in [5, 5.41) is 12.1. The van der Waals surface area contributed by atoms with Gasteiger partial charge in [0.25, 0.3) is 0 Å². The van der Waals surface area contributed by atoms with E-state index in [-0.39, 0.29) is 11.7 Å². The van der Waals surface area contributed by atoms with E-state index in [1.54, 1.807) is 4.68 Å². The van der Waals surface area contributed by atoms with E-state index in [4.69, 9.17) is 0 Å². The van der Waals surface area contributed by atoms with Gasteiger partial charge in [0.15, 0.2) is 11.2 Å². The lowest BCUT2D eigenvalue weighted by atomic mass is 10.1. The van der Waals surface area contributed by atoms with Crippen molar-refractivity contribution in [2.24, 2.45) is 0 Å². The monoisotopic (exact) mass is 418 g/mol. The molecule has 2 aromatic heterocycles. The van der Waals surface area contributed by atoms with E-state index in [9.17, 15) is 4.79 Å². The van der Waals surface area contributed by atoms with Crippen molar-refractivity contribution >= 4 is 34.5 Å². The fourth-order valence-electron chi connectivity index (χ4n) is 3.23. The van der Waals surface area contributed by atoms with E-state index in [0.29, 0.717) is 22.7 Å². The van der Waals surface area contributed by atoms with Crippen LogP contribution in [-0.4, -0.2) is 36.6 Å². The van der Waals surface area contributed by atoms with Gasteiger partial charge >= 0.3 is 0 Å². The molecule has 152 valence electrons. The zero-order valence-electron chi connectivity index (χ0n) is 17.1. The van der Waals surface area contributed by atoms with Gasteiger partial charge in [0.2, 0.25) is 5.91 Å². The largest absolute Gasteiger partial charge is 0.325 e. The second kappa shape index (κ2) is 8.62. The fraction of sp³-hybridized carbons (Fsp3) is 0.227. The minimum Gasteiger partial charge on any atom is -0.325 e. The second-order valence-corrected chi connectivity index (χ2v) is 8.26. The number of thioether (sulfide) groups is 1. The summed E-state index contributed by atoms with van der Waals surface area (Å²) >= 11 is 1.33. The molecular weight excluding hydrogens is 396 g/mol. The van der Waals surface area contributed by atoms with Crippen molar-refractivity contribution < 1.29 is 4.79 Å². The third-order valence-corrected chi connectivity index (χ3v) is 5.54. The van der Waals surface area contributed by atoms with Crippen LogP contribution >= 0.6 is 11.8 Å². The van der Waals surface area contributed by atoms with E-state index in [0.717, 1.165) is 22.4 Å². The van der Waals surface area contributed by atoms with Crippen molar-refractivity contribution in [3.63, 3.8) is 0 Å². The Kier molecular flexibility index (Phi) is 5.76. The standard InChI is InChI=1S/C22H22N6OS/c1-14-4-6-17(7-5-14)11-28-21-20(26-27-28)22(24-13-23-21)30-12-19(29)25-18-9-15(2)8-16(3)10-18/h4-10,13H,11-12H2,1-3H3,(H,25,29). The van der Waals surface area contributed by atoms with Gasteiger partial charge < -0.3 is 5.32 Å². The van der Waals surface area contributed by atoms with Crippen LogP contribution in [0.3, 0.4) is 0 Å². The number of fused-ring (bicyclic) bond motifs is 1. The maximum atomic E-state index is 12.4. The number of hydrogen-bond acceptors (Lipinski definition) is 6. The molecule has 0 aliphatic carbocycles. The third kappa shape index (κ3) is 4.65. The van der Waals surface area contributed by atoms with Crippen LogP contribution in [0.2, 0.25) is 0 Å². The van der Waals surface area contributed by atoms with Crippen molar-refractivity contribution in [3.05, 3.63) is 71.0 Å². The van der Waals surface area contributed by atoms with Crippen LogP contribution in [0.25, 0.3) is 11.2 Å². The Morgan fingerprint density at radius 2 is 1.73 bits per heavy atom. The molecule has 1 N–H and O–H groups in total. The molecule has 4 rings (SSSR count). The number of hydrogen-bond donors (Lipinski definition) is 1. The third-order valence-electron chi connectivity index (χ3n) is 4.56. The molecule has 0 unspecified atom stereocenters. The lowest BCUT2D eigenvalue weighted by Crippen LogP contribution is -2.14. The van der Waals surface area contributed by atoms with Gasteiger partial charge in [-0.1, -0.05) is 52.9 Å². The quantitative estimate of drug-likeness (QED) is 0.377. The maximum absolute atomic E-state index is 12.4. The molecule has 0 spiro atoms. The molecule has 4 aromatic rings. The molecule has 0 aliphatic rings. The van der Waals surface area contributed by atoms with Gasteiger partial charge in [-0.2, -0.15) is 0 Å². The number of benzene rings is 2. The minimum atomic E-state index is -0.0937. The second-order valence-electron chi connectivity index (χ2n) is 7.30. The van der Waals surface area contributed by atoms with Crippen LogP contribution < -0.4 is 5.32 Å². The number of carbonyl (C=O) groups is 1. The Labute approximate surface area is 178 Å². The van der Waals surface area contributed by atoms with Gasteiger partial charge in [-0.05, 0) is 49.6 Å². The van der Waals surface area contributed by atoms with Gasteiger partial charge in [0.05, 0.1) is 12.3 Å². The van der Waals surface area contributed by atoms with E-state index in [1.165, 1.54) is 23.7 Å². The molecule has 0 radical (unpaired) electrons. The van der Waals surface area contributed by atoms with Crippen LogP contribution in [0.15, 0.2) is 53.8 Å². The van der Waals surface area contributed by atoms with E-state index in [1.807, 2.05) is 26.0 Å². The molecule has 30 heavy (non-hydrogen) atoms. The lowest BCUT2D eigenvalue weighted by Gasteiger charge is -2.07. The van der Waals surface area contributed by atoms with Crippen LogP contribution in [-0.2, 0) is 11.3 Å². The molecule has 0 aliphatic heterocycles. The van der Waals surface area contributed by atoms with Crippen molar-refractivity contribution in [2.45, 2.75) is 32.3 Å². The number of rotatable bonds is 6. The van der Waals surface area contributed by atoms with Crippen molar-refractivity contribution in [1.82, 2.24) is 25.0 Å². The van der Waals surface area contributed by atoms with Crippen LogP contribution in [0.1, 0.15) is 22.3 Å². The summed E-state index contributed by atoms with van der Waals surface area (Å²) in [6.07, 6.45) is 1.49. The lowest BCUT2D eigenvalue weighted by molar-refractivity contribution is -0.113. The van der Waals surface area contributed by atoms with E-state index in [2.05, 4.69) is 62.9 Å². The first-order valence-corrected chi connectivity index (χ1v) is 10.6. The molecule has 2 aromatic carbocycles. The summed E-state index contributed by atoms with van der Waals surface area (Å²) in [5.74, 6) is 0.132. The molecule has 1 amide bonds. The molecule has 0 saturated carbocycles. The smallest absolute Gasteiger partial charge is 0.234 e. The topological polar surface area (TPSA) is 85.6 Å². The summed E-state index contributed by atoms with van der Waals surface area (Å²) in [5.41, 5.74) is 6.61. The maximum Gasteiger partial charge on any atom is 0.234 e. The number of aryl methyl sites for hydroxylation is 3. The van der Waals surface area contributed by atoms with E-state index < -0.39 is 0 Å². The predicted molar refractivity (Wildman–Crippen MR) is 119 cm³/mol. The van der Waals surface area contributed by atoms with Gasteiger partial charge in [-0.15, -0.1) is 5.10 Å². The highest BCUT2D eigenvalue weighted by Crippen LogP contribution is 2.23. The molecule has 2 heterocycles. The van der Waals surface area contributed by atoms with Crippen LogP contribution in [0.4, 0.5) is 5.69 Å². The average Bonchev–Trinajstić information content (AvgIpc) is 3.11. The Morgan fingerprint density at radius 1 is 1.00 bits per heavy atom. The zero-order chi connectivity index (χ0) is 21.1. The number of amides is 1. The van der Waals surface area contributed by atoms with Crippen molar-refractivity contribution in [3.8, 4) is 0 Å². The highest BCUT2D eigenvalue weighted by atomic mass is 32.2. The minimum absolute atomic E-state index is 0.0937. The summed E-state index contributed by atoms with van der Waals surface area (Å²) in [7, 11) is 0. The molecule has 8 heteroatoms. The number of nitrogens with one attached hydrogen (secondary N) is 1. The summed E-state index contributed by atoms with van der Waals surface area (Å²) < 4.78 is 1.75. The van der Waals surface area contributed by atoms with Crippen molar-refractivity contribution in [2.75, 3.05) is 11.1 Å². The summed E-state index contributed by atoms with van der Waals surface area (Å²) in [4.78, 5) is 21.0. The molecular formula is C22H22N6OS. The summed E-state index contributed by atoms with van der Waals surface area (Å²) in [6, 6.07) is 14.2. The van der Waals surface area contributed by atoms with Gasteiger partial charge in [0.1, 0.15) is 11.4 Å². The first-order valence-electron chi connectivity index (χ1n) is 9.58. The Bertz CT molecular complexity index is 1180. The van der Waals surface area contributed by atoms with Gasteiger partial charge in [-0.3, -0.25) is 4.79 Å². The molecule has 0 fully saturated rings. The normalized spacial score (nSPS) is 11.0. The predicted octanol–water partition coefficient (Wildman–Crippen LogP) is 3.93. The molecule has 0 atom stereocenters. The van der Waals surface area contributed by atoms with Crippen molar-refractivity contribution in [1.29, 1.82) is 0 Å². The number of nitrogens with zero attached hydrogens (tertiary/aromatic N) is 5. The van der Waals surface area contributed by atoms with Crippen LogP contribution in [0.5, 0.6) is 0 Å². The highest BCUT2D eigenvalue weighted by molar-refractivity contribution is 8.00. The number of anilines is 1. The number of carbonyl (C=O) groups excluding carboxylic acids is 1.